The molecule has 0 aliphatic carbocycles. The Bertz CT molecular complexity index is 942. The van der Waals surface area contributed by atoms with Gasteiger partial charge in [-0.25, -0.2) is 0 Å². The van der Waals surface area contributed by atoms with Gasteiger partial charge in [0.1, 0.15) is 5.75 Å². The van der Waals surface area contributed by atoms with Crippen LogP contribution in [0.3, 0.4) is 0 Å². The predicted octanol–water partition coefficient (Wildman–Crippen LogP) is 2.13. The van der Waals surface area contributed by atoms with E-state index in [0.29, 0.717) is 35.7 Å². The zero-order valence-corrected chi connectivity index (χ0v) is 18.1. The van der Waals surface area contributed by atoms with Crippen LogP contribution in [0.4, 0.5) is 5.69 Å². The van der Waals surface area contributed by atoms with E-state index in [9.17, 15) is 9.59 Å². The van der Waals surface area contributed by atoms with Gasteiger partial charge in [-0.2, -0.15) is 0 Å². The maximum atomic E-state index is 12.8. The second-order valence-corrected chi connectivity index (χ2v) is 7.54. The van der Waals surface area contributed by atoms with E-state index < -0.39 is 0 Å². The molecule has 4 rings (SSSR count). The van der Waals surface area contributed by atoms with Crippen LogP contribution in [0.1, 0.15) is 20.7 Å². The lowest BCUT2D eigenvalue weighted by atomic mass is 10.1. The highest BCUT2D eigenvalue weighted by Crippen LogP contribution is 2.34. The molecule has 0 radical (unpaired) electrons. The van der Waals surface area contributed by atoms with Crippen LogP contribution in [-0.4, -0.2) is 82.2 Å². The fourth-order valence-electron chi connectivity index (χ4n) is 4.10. The molecule has 8 heteroatoms. The van der Waals surface area contributed by atoms with Crippen LogP contribution in [0.15, 0.2) is 36.4 Å². The molecule has 0 bridgehead atoms. The monoisotopic (exact) mass is 425 g/mol. The second-order valence-electron chi connectivity index (χ2n) is 7.54. The number of carbonyl (C=O) groups is 2. The quantitative estimate of drug-likeness (QED) is 0.630. The van der Waals surface area contributed by atoms with Gasteiger partial charge in [0.2, 0.25) is 0 Å². The lowest BCUT2D eigenvalue weighted by Crippen LogP contribution is -2.49. The third kappa shape index (κ3) is 4.03. The van der Waals surface area contributed by atoms with Gasteiger partial charge >= 0.3 is 0 Å². The molecule has 0 N–H and O–H groups in total. The van der Waals surface area contributed by atoms with E-state index in [1.54, 1.807) is 19.2 Å². The van der Waals surface area contributed by atoms with Crippen molar-refractivity contribution in [3.05, 3.63) is 47.5 Å². The summed E-state index contributed by atoms with van der Waals surface area (Å²) in [4.78, 5) is 31.5. The molecule has 2 aromatic rings. The molecule has 2 aliphatic rings. The molecule has 0 spiro atoms. The van der Waals surface area contributed by atoms with Gasteiger partial charge < -0.3 is 19.1 Å². The first kappa shape index (κ1) is 21.0. The summed E-state index contributed by atoms with van der Waals surface area (Å²) in [6, 6.07) is 11.2. The third-order valence-electron chi connectivity index (χ3n) is 5.91. The standard InChI is InChI=1S/C23H27N3O5/c1-29-17-6-4-5-16(13-17)25-10-7-24(8-11-25)9-12-26-22(27)18-14-20(30-2)21(31-3)15-19(18)23(26)28/h4-6,13-15H,7-12H2,1-3H3. The van der Waals surface area contributed by atoms with Crippen molar-refractivity contribution >= 4 is 17.5 Å². The van der Waals surface area contributed by atoms with Crippen LogP contribution < -0.4 is 19.1 Å². The largest absolute Gasteiger partial charge is 0.497 e. The summed E-state index contributed by atoms with van der Waals surface area (Å²) in [6.45, 7) is 4.49. The van der Waals surface area contributed by atoms with Gasteiger partial charge in [-0.15, -0.1) is 0 Å². The SMILES string of the molecule is COc1cccc(N2CCN(CCN3C(=O)c4cc(OC)c(OC)cc4C3=O)CC2)c1. The molecule has 2 aromatic carbocycles. The summed E-state index contributed by atoms with van der Waals surface area (Å²) >= 11 is 0. The number of carbonyl (C=O) groups excluding carboxylic acids is 2. The zero-order chi connectivity index (χ0) is 22.0. The molecule has 31 heavy (non-hydrogen) atoms. The number of anilines is 1. The highest BCUT2D eigenvalue weighted by Gasteiger charge is 2.37. The van der Waals surface area contributed by atoms with E-state index in [0.717, 1.165) is 37.6 Å². The van der Waals surface area contributed by atoms with Crippen molar-refractivity contribution in [2.45, 2.75) is 0 Å². The van der Waals surface area contributed by atoms with Crippen molar-refractivity contribution < 1.29 is 23.8 Å². The summed E-state index contributed by atoms with van der Waals surface area (Å²) in [5, 5.41) is 0. The lowest BCUT2D eigenvalue weighted by Gasteiger charge is -2.36. The van der Waals surface area contributed by atoms with Crippen molar-refractivity contribution in [3.63, 3.8) is 0 Å². The average molecular weight is 425 g/mol. The number of ether oxygens (including phenoxy) is 3. The number of rotatable bonds is 7. The molecule has 1 saturated heterocycles. The number of hydrogen-bond acceptors (Lipinski definition) is 7. The van der Waals surface area contributed by atoms with E-state index in [2.05, 4.69) is 15.9 Å². The van der Waals surface area contributed by atoms with E-state index in [4.69, 9.17) is 14.2 Å². The number of piperazine rings is 1. The Labute approximate surface area is 181 Å². The number of nitrogens with zero attached hydrogens (tertiary/aromatic N) is 3. The van der Waals surface area contributed by atoms with E-state index in [1.807, 2.05) is 18.2 Å². The molecule has 1 fully saturated rings. The predicted molar refractivity (Wildman–Crippen MR) is 117 cm³/mol. The fraction of sp³-hybridized carbons (Fsp3) is 0.391. The Morgan fingerprint density at radius 1 is 0.774 bits per heavy atom. The van der Waals surface area contributed by atoms with Crippen LogP contribution in [0.25, 0.3) is 0 Å². The molecule has 2 aliphatic heterocycles. The maximum Gasteiger partial charge on any atom is 0.261 e. The highest BCUT2D eigenvalue weighted by molar-refractivity contribution is 6.21. The first-order valence-corrected chi connectivity index (χ1v) is 10.3. The molecule has 0 atom stereocenters. The minimum atomic E-state index is -0.282. The fourth-order valence-corrected chi connectivity index (χ4v) is 4.10. The molecular weight excluding hydrogens is 398 g/mol. The van der Waals surface area contributed by atoms with Gasteiger partial charge in [0.05, 0.1) is 32.5 Å². The molecule has 8 nitrogen and oxygen atoms in total. The number of hydrogen-bond donors (Lipinski definition) is 0. The topological polar surface area (TPSA) is 71.6 Å². The Hall–Kier alpha value is -3.26. The maximum absolute atomic E-state index is 12.8. The first-order valence-electron chi connectivity index (χ1n) is 10.3. The summed E-state index contributed by atoms with van der Waals surface area (Å²) in [5.41, 5.74) is 1.87. The minimum absolute atomic E-state index is 0.282. The van der Waals surface area contributed by atoms with Crippen LogP contribution in [0, 0.1) is 0 Å². The summed E-state index contributed by atoms with van der Waals surface area (Å²) < 4.78 is 15.9. The zero-order valence-electron chi connectivity index (χ0n) is 18.1. The van der Waals surface area contributed by atoms with Crippen LogP contribution in [0.5, 0.6) is 17.2 Å². The van der Waals surface area contributed by atoms with Crippen molar-refractivity contribution in [3.8, 4) is 17.2 Å². The summed E-state index contributed by atoms with van der Waals surface area (Å²) in [5.74, 6) is 1.17. The summed E-state index contributed by atoms with van der Waals surface area (Å²) in [6.07, 6.45) is 0. The summed E-state index contributed by atoms with van der Waals surface area (Å²) in [7, 11) is 4.69. The van der Waals surface area contributed by atoms with Gasteiger partial charge in [-0.1, -0.05) is 6.07 Å². The van der Waals surface area contributed by atoms with Crippen molar-refractivity contribution in [2.75, 3.05) is 65.5 Å². The number of fused-ring (bicyclic) bond motifs is 1. The number of benzene rings is 2. The molecule has 164 valence electrons. The van der Waals surface area contributed by atoms with Crippen LogP contribution >= 0.6 is 0 Å². The van der Waals surface area contributed by atoms with Gasteiger partial charge in [0.15, 0.2) is 11.5 Å². The number of imide groups is 1. The van der Waals surface area contributed by atoms with Crippen LogP contribution in [-0.2, 0) is 0 Å². The van der Waals surface area contributed by atoms with Crippen molar-refractivity contribution in [1.82, 2.24) is 9.80 Å². The van der Waals surface area contributed by atoms with Gasteiger partial charge in [-0.3, -0.25) is 19.4 Å². The van der Waals surface area contributed by atoms with Crippen molar-refractivity contribution in [1.29, 1.82) is 0 Å². The Kier molecular flexibility index (Phi) is 5.99. The Morgan fingerprint density at radius 2 is 1.39 bits per heavy atom. The molecule has 2 amide bonds. The Balaban J connectivity index is 1.36. The lowest BCUT2D eigenvalue weighted by molar-refractivity contribution is 0.0634. The van der Waals surface area contributed by atoms with Gasteiger partial charge in [0.25, 0.3) is 11.8 Å². The normalized spacial score (nSPS) is 16.5. The molecule has 0 aromatic heterocycles. The minimum Gasteiger partial charge on any atom is -0.497 e. The van der Waals surface area contributed by atoms with E-state index >= 15 is 0 Å². The number of methoxy groups -OCH3 is 3. The Morgan fingerprint density at radius 3 is 1.94 bits per heavy atom. The van der Waals surface area contributed by atoms with Crippen molar-refractivity contribution in [2.24, 2.45) is 0 Å². The first-order chi connectivity index (χ1) is 15.0. The van der Waals surface area contributed by atoms with Gasteiger partial charge in [-0.05, 0) is 24.3 Å². The second kappa shape index (κ2) is 8.85. The van der Waals surface area contributed by atoms with E-state index in [-0.39, 0.29) is 11.8 Å². The third-order valence-corrected chi connectivity index (χ3v) is 5.91. The number of amides is 2. The average Bonchev–Trinajstić information content (AvgIpc) is 3.05. The molecule has 2 heterocycles. The molecular formula is C23H27N3O5. The van der Waals surface area contributed by atoms with Crippen LogP contribution in [0.2, 0.25) is 0 Å². The molecule has 0 saturated carbocycles. The highest BCUT2D eigenvalue weighted by atomic mass is 16.5. The van der Waals surface area contributed by atoms with Gasteiger partial charge in [0, 0.05) is 51.0 Å². The van der Waals surface area contributed by atoms with E-state index in [1.165, 1.54) is 19.1 Å². The smallest absolute Gasteiger partial charge is 0.261 e. The molecule has 0 unspecified atom stereocenters.